The minimum atomic E-state index is -0.440. The number of carbonyl (C=O) groups excluding carboxylic acids is 1. The number of carbonyl (C=O) groups is 1. The highest BCUT2D eigenvalue weighted by Crippen LogP contribution is 2.14. The lowest BCUT2D eigenvalue weighted by Crippen LogP contribution is -2.38. The summed E-state index contributed by atoms with van der Waals surface area (Å²) in [5, 5.41) is 7.17. The molecule has 0 spiro atoms. The lowest BCUT2D eigenvalue weighted by molar-refractivity contribution is -0.128. The highest BCUT2D eigenvalue weighted by Gasteiger charge is 2.20. The van der Waals surface area contributed by atoms with Crippen molar-refractivity contribution in [3.8, 4) is 11.4 Å². The lowest BCUT2D eigenvalue weighted by Gasteiger charge is -2.17. The molecule has 6 nitrogen and oxygen atoms in total. The standard InChI is InChI=1S/C16H22N4O2/c1-16(2,3)14(21)17-10-11-20-15(22)19(4)13(18-20)12-8-6-5-7-9-12/h5-9H,10-11H2,1-4H3,(H,17,21). The summed E-state index contributed by atoms with van der Waals surface area (Å²) in [6, 6.07) is 9.55. The highest BCUT2D eigenvalue weighted by atomic mass is 16.2. The van der Waals surface area contributed by atoms with Gasteiger partial charge in [0.2, 0.25) is 5.91 Å². The van der Waals surface area contributed by atoms with Crippen molar-refractivity contribution in [2.75, 3.05) is 6.54 Å². The van der Waals surface area contributed by atoms with Crippen molar-refractivity contribution in [3.05, 3.63) is 40.8 Å². The molecule has 1 amide bonds. The van der Waals surface area contributed by atoms with Crippen LogP contribution in [-0.4, -0.2) is 26.8 Å². The topological polar surface area (TPSA) is 68.9 Å². The summed E-state index contributed by atoms with van der Waals surface area (Å²) in [6.45, 7) is 6.27. The largest absolute Gasteiger partial charge is 0.354 e. The van der Waals surface area contributed by atoms with Gasteiger partial charge < -0.3 is 5.32 Å². The number of aromatic nitrogens is 3. The molecule has 0 bridgehead atoms. The Morgan fingerprint density at radius 2 is 1.86 bits per heavy atom. The summed E-state index contributed by atoms with van der Waals surface area (Å²) >= 11 is 0. The van der Waals surface area contributed by atoms with Crippen LogP contribution in [-0.2, 0) is 18.4 Å². The summed E-state index contributed by atoms with van der Waals surface area (Å²) in [5.41, 5.74) is 0.257. The van der Waals surface area contributed by atoms with Crippen molar-refractivity contribution in [2.24, 2.45) is 12.5 Å². The van der Waals surface area contributed by atoms with Gasteiger partial charge in [0, 0.05) is 24.6 Å². The molecule has 0 saturated carbocycles. The lowest BCUT2D eigenvalue weighted by atomic mass is 9.96. The zero-order chi connectivity index (χ0) is 16.3. The number of hydrogen-bond acceptors (Lipinski definition) is 3. The summed E-state index contributed by atoms with van der Waals surface area (Å²) in [7, 11) is 1.70. The van der Waals surface area contributed by atoms with Crippen molar-refractivity contribution in [2.45, 2.75) is 27.3 Å². The van der Waals surface area contributed by atoms with Crippen LogP contribution in [0.2, 0.25) is 0 Å². The fourth-order valence-corrected chi connectivity index (χ4v) is 2.01. The minimum Gasteiger partial charge on any atom is -0.354 e. The molecule has 6 heteroatoms. The maximum atomic E-state index is 12.2. The SMILES string of the molecule is Cn1c(-c2ccccc2)nn(CCNC(=O)C(C)(C)C)c1=O. The van der Waals surface area contributed by atoms with Crippen LogP contribution in [0.1, 0.15) is 20.8 Å². The van der Waals surface area contributed by atoms with E-state index in [4.69, 9.17) is 0 Å². The Bertz CT molecular complexity index is 708. The van der Waals surface area contributed by atoms with Crippen molar-refractivity contribution < 1.29 is 4.79 Å². The Balaban J connectivity index is 2.11. The molecule has 2 rings (SSSR count). The van der Waals surface area contributed by atoms with Crippen LogP contribution in [0.25, 0.3) is 11.4 Å². The fraction of sp³-hybridized carbons (Fsp3) is 0.438. The molecule has 0 saturated heterocycles. The summed E-state index contributed by atoms with van der Waals surface area (Å²) in [6.07, 6.45) is 0. The van der Waals surface area contributed by atoms with Crippen molar-refractivity contribution >= 4 is 5.91 Å². The smallest absolute Gasteiger partial charge is 0.345 e. The van der Waals surface area contributed by atoms with Crippen molar-refractivity contribution in [3.63, 3.8) is 0 Å². The third-order valence-corrected chi connectivity index (χ3v) is 3.36. The van der Waals surface area contributed by atoms with Crippen molar-refractivity contribution in [1.82, 2.24) is 19.7 Å². The van der Waals surface area contributed by atoms with Gasteiger partial charge in [-0.3, -0.25) is 9.36 Å². The molecule has 0 aliphatic carbocycles. The van der Waals surface area contributed by atoms with E-state index >= 15 is 0 Å². The molecule has 0 radical (unpaired) electrons. The third kappa shape index (κ3) is 3.44. The molecule has 1 aromatic heterocycles. The second-order valence-corrected chi connectivity index (χ2v) is 6.26. The van der Waals surface area contributed by atoms with Gasteiger partial charge in [0.1, 0.15) is 0 Å². The van der Waals surface area contributed by atoms with Crippen LogP contribution in [0, 0.1) is 5.41 Å². The molecule has 118 valence electrons. The van der Waals surface area contributed by atoms with Crippen LogP contribution < -0.4 is 11.0 Å². The van der Waals surface area contributed by atoms with E-state index in [-0.39, 0.29) is 11.6 Å². The van der Waals surface area contributed by atoms with Crippen LogP contribution in [0.15, 0.2) is 35.1 Å². The number of nitrogens with zero attached hydrogens (tertiary/aromatic N) is 3. The Morgan fingerprint density at radius 3 is 2.45 bits per heavy atom. The summed E-state index contributed by atoms with van der Waals surface area (Å²) < 4.78 is 2.90. The number of benzene rings is 1. The van der Waals surface area contributed by atoms with E-state index in [1.54, 1.807) is 7.05 Å². The molecular weight excluding hydrogens is 280 g/mol. The predicted molar refractivity (Wildman–Crippen MR) is 85.4 cm³/mol. The van der Waals surface area contributed by atoms with E-state index in [0.717, 1.165) is 5.56 Å². The molecule has 0 unspecified atom stereocenters. The van der Waals surface area contributed by atoms with E-state index in [1.165, 1.54) is 9.25 Å². The molecule has 2 aromatic rings. The van der Waals surface area contributed by atoms with Gasteiger partial charge >= 0.3 is 5.69 Å². The van der Waals surface area contributed by atoms with Gasteiger partial charge in [-0.1, -0.05) is 51.1 Å². The van der Waals surface area contributed by atoms with E-state index in [2.05, 4.69) is 10.4 Å². The second kappa shape index (κ2) is 6.17. The van der Waals surface area contributed by atoms with Crippen LogP contribution in [0.4, 0.5) is 0 Å². The van der Waals surface area contributed by atoms with E-state index in [1.807, 2.05) is 51.1 Å². The fourth-order valence-electron chi connectivity index (χ4n) is 2.01. The Morgan fingerprint density at radius 1 is 1.23 bits per heavy atom. The van der Waals surface area contributed by atoms with Gasteiger partial charge in [-0.15, -0.1) is 5.10 Å². The molecule has 22 heavy (non-hydrogen) atoms. The maximum absolute atomic E-state index is 12.2. The van der Waals surface area contributed by atoms with Gasteiger partial charge in [-0.25, -0.2) is 9.48 Å². The molecule has 1 heterocycles. The first-order valence-electron chi connectivity index (χ1n) is 7.28. The minimum absolute atomic E-state index is 0.0419. The molecule has 0 aliphatic heterocycles. The van der Waals surface area contributed by atoms with Crippen LogP contribution >= 0.6 is 0 Å². The molecular formula is C16H22N4O2. The molecule has 1 N–H and O–H groups in total. The van der Waals surface area contributed by atoms with E-state index in [9.17, 15) is 9.59 Å². The molecule has 0 atom stereocenters. The normalized spacial score (nSPS) is 11.5. The number of rotatable bonds is 4. The third-order valence-electron chi connectivity index (χ3n) is 3.36. The molecule has 0 fully saturated rings. The van der Waals surface area contributed by atoms with Gasteiger partial charge in [-0.05, 0) is 0 Å². The summed E-state index contributed by atoms with van der Waals surface area (Å²) in [5.74, 6) is 0.576. The second-order valence-electron chi connectivity index (χ2n) is 6.26. The average molecular weight is 302 g/mol. The van der Waals surface area contributed by atoms with Crippen molar-refractivity contribution in [1.29, 1.82) is 0 Å². The average Bonchev–Trinajstić information content (AvgIpc) is 2.75. The number of hydrogen-bond donors (Lipinski definition) is 1. The first kappa shape index (κ1) is 16.0. The maximum Gasteiger partial charge on any atom is 0.345 e. The molecule has 0 aliphatic rings. The van der Waals surface area contributed by atoms with Crippen LogP contribution in [0.5, 0.6) is 0 Å². The summed E-state index contributed by atoms with van der Waals surface area (Å²) in [4.78, 5) is 24.0. The highest BCUT2D eigenvalue weighted by molar-refractivity contribution is 5.81. The molecule has 1 aromatic carbocycles. The predicted octanol–water partition coefficient (Wildman–Crippen LogP) is 1.41. The zero-order valence-electron chi connectivity index (χ0n) is 13.5. The van der Waals surface area contributed by atoms with Gasteiger partial charge in [0.05, 0.1) is 6.54 Å². The van der Waals surface area contributed by atoms with Gasteiger partial charge in [0.25, 0.3) is 0 Å². The first-order valence-corrected chi connectivity index (χ1v) is 7.28. The Labute approximate surface area is 129 Å². The quantitative estimate of drug-likeness (QED) is 0.928. The van der Waals surface area contributed by atoms with Crippen LogP contribution in [0.3, 0.4) is 0 Å². The Hall–Kier alpha value is -2.37. The zero-order valence-corrected chi connectivity index (χ0v) is 13.5. The van der Waals surface area contributed by atoms with Gasteiger partial charge in [-0.2, -0.15) is 0 Å². The monoisotopic (exact) mass is 302 g/mol. The number of amides is 1. The van der Waals surface area contributed by atoms with Gasteiger partial charge in [0.15, 0.2) is 5.82 Å². The Kier molecular flexibility index (Phi) is 4.49. The number of nitrogens with one attached hydrogen (secondary N) is 1. The van der Waals surface area contributed by atoms with E-state index < -0.39 is 5.41 Å². The first-order chi connectivity index (χ1) is 10.3. The van der Waals surface area contributed by atoms with E-state index in [0.29, 0.717) is 18.9 Å².